The molecule has 16 heavy (non-hydrogen) atoms. The molecule has 82 valence electrons. The number of carbonyl (C=O) groups excluding carboxylic acids is 1. The number of rotatable bonds is 2. The van der Waals surface area contributed by atoms with Crippen molar-refractivity contribution >= 4 is 17.6 Å². The van der Waals surface area contributed by atoms with Gasteiger partial charge in [-0.15, -0.1) is 0 Å². The van der Waals surface area contributed by atoms with Crippen molar-refractivity contribution in [3.8, 4) is 11.4 Å². The normalized spacial score (nSPS) is 10.1. The van der Waals surface area contributed by atoms with Gasteiger partial charge in [-0.25, -0.2) is 4.79 Å². The molecule has 0 spiro atoms. The van der Waals surface area contributed by atoms with Crippen molar-refractivity contribution in [2.24, 2.45) is 0 Å². The zero-order chi connectivity index (χ0) is 11.5. The molecule has 0 bridgehead atoms. The van der Waals surface area contributed by atoms with Crippen LogP contribution >= 0.6 is 11.6 Å². The number of aromatic amines is 1. The molecule has 2 rings (SSSR count). The van der Waals surface area contributed by atoms with Crippen LogP contribution in [0.15, 0.2) is 24.4 Å². The van der Waals surface area contributed by atoms with Gasteiger partial charge in [0.1, 0.15) is 16.4 Å². The smallest absolute Gasteiger partial charge is 0.343 e. The molecule has 0 aliphatic carbocycles. The second-order valence-electron chi connectivity index (χ2n) is 2.97. The minimum Gasteiger partial charge on any atom is -0.465 e. The molecule has 2 aromatic heterocycles. The molecule has 0 aliphatic rings. The van der Waals surface area contributed by atoms with Gasteiger partial charge in [0.2, 0.25) is 0 Å². The van der Waals surface area contributed by atoms with E-state index in [-0.39, 0.29) is 10.7 Å². The molecule has 0 amide bonds. The SMILES string of the molecule is COC(=O)c1c(-c2ccccn2)n[nH]c1Cl. The van der Waals surface area contributed by atoms with Crippen LogP contribution in [-0.2, 0) is 4.74 Å². The average molecular weight is 238 g/mol. The van der Waals surface area contributed by atoms with Gasteiger partial charge < -0.3 is 4.74 Å². The maximum absolute atomic E-state index is 11.5. The van der Waals surface area contributed by atoms with Crippen molar-refractivity contribution in [1.29, 1.82) is 0 Å². The number of hydrogen-bond donors (Lipinski definition) is 1. The van der Waals surface area contributed by atoms with E-state index in [1.165, 1.54) is 7.11 Å². The fourth-order valence-corrected chi connectivity index (χ4v) is 1.51. The van der Waals surface area contributed by atoms with Crippen LogP contribution in [0.25, 0.3) is 11.4 Å². The highest BCUT2D eigenvalue weighted by molar-refractivity contribution is 6.33. The predicted octanol–water partition coefficient (Wildman–Crippen LogP) is 1.91. The third-order valence-corrected chi connectivity index (χ3v) is 2.29. The molecule has 0 fully saturated rings. The van der Waals surface area contributed by atoms with Gasteiger partial charge in [0.15, 0.2) is 0 Å². The van der Waals surface area contributed by atoms with E-state index >= 15 is 0 Å². The van der Waals surface area contributed by atoms with Gasteiger partial charge in [-0.3, -0.25) is 10.1 Å². The van der Waals surface area contributed by atoms with E-state index in [0.29, 0.717) is 11.4 Å². The Kier molecular flexibility index (Phi) is 2.87. The van der Waals surface area contributed by atoms with E-state index in [2.05, 4.69) is 19.9 Å². The minimum absolute atomic E-state index is 0.146. The Morgan fingerprint density at radius 3 is 2.94 bits per heavy atom. The number of nitrogens with zero attached hydrogens (tertiary/aromatic N) is 2. The van der Waals surface area contributed by atoms with Crippen molar-refractivity contribution in [3.05, 3.63) is 35.1 Å². The number of hydrogen-bond acceptors (Lipinski definition) is 4. The Morgan fingerprint density at radius 1 is 1.50 bits per heavy atom. The summed E-state index contributed by atoms with van der Waals surface area (Å²) in [5.41, 5.74) is 1.14. The molecule has 6 heteroatoms. The average Bonchev–Trinajstić information content (AvgIpc) is 2.71. The first-order valence-corrected chi connectivity index (χ1v) is 4.85. The summed E-state index contributed by atoms with van der Waals surface area (Å²) in [5.74, 6) is -0.542. The molecule has 0 unspecified atom stereocenters. The predicted molar refractivity (Wildman–Crippen MR) is 58.2 cm³/mol. The summed E-state index contributed by atoms with van der Waals surface area (Å²) in [6.07, 6.45) is 1.61. The van der Waals surface area contributed by atoms with E-state index in [9.17, 15) is 4.79 Å². The number of halogens is 1. The quantitative estimate of drug-likeness (QED) is 0.811. The lowest BCUT2D eigenvalue weighted by atomic mass is 10.2. The Labute approximate surface area is 96.4 Å². The number of nitrogens with one attached hydrogen (secondary N) is 1. The summed E-state index contributed by atoms with van der Waals surface area (Å²) >= 11 is 5.82. The maximum atomic E-state index is 11.5. The molecule has 5 nitrogen and oxygen atoms in total. The molecule has 0 aromatic carbocycles. The molecular formula is C10H8ClN3O2. The largest absolute Gasteiger partial charge is 0.465 e. The van der Waals surface area contributed by atoms with Gasteiger partial charge >= 0.3 is 5.97 Å². The topological polar surface area (TPSA) is 67.9 Å². The first-order chi connectivity index (χ1) is 7.74. The van der Waals surface area contributed by atoms with Crippen molar-refractivity contribution in [3.63, 3.8) is 0 Å². The van der Waals surface area contributed by atoms with Crippen molar-refractivity contribution in [2.45, 2.75) is 0 Å². The maximum Gasteiger partial charge on any atom is 0.343 e. The zero-order valence-electron chi connectivity index (χ0n) is 8.40. The molecule has 0 atom stereocenters. The lowest BCUT2D eigenvalue weighted by Crippen LogP contribution is -2.02. The second kappa shape index (κ2) is 4.32. The highest BCUT2D eigenvalue weighted by Gasteiger charge is 2.21. The van der Waals surface area contributed by atoms with Crippen LogP contribution < -0.4 is 0 Å². The minimum atomic E-state index is -0.542. The third kappa shape index (κ3) is 1.77. The molecular weight excluding hydrogens is 230 g/mol. The van der Waals surface area contributed by atoms with Gasteiger partial charge in [-0.05, 0) is 12.1 Å². The van der Waals surface area contributed by atoms with Crippen LogP contribution in [-0.4, -0.2) is 28.3 Å². The van der Waals surface area contributed by atoms with Crippen molar-refractivity contribution in [1.82, 2.24) is 15.2 Å². The first-order valence-electron chi connectivity index (χ1n) is 4.47. The van der Waals surface area contributed by atoms with Gasteiger partial charge in [-0.1, -0.05) is 17.7 Å². The summed E-state index contributed by atoms with van der Waals surface area (Å²) < 4.78 is 4.63. The summed E-state index contributed by atoms with van der Waals surface area (Å²) in [6, 6.07) is 5.31. The second-order valence-corrected chi connectivity index (χ2v) is 3.35. The lowest BCUT2D eigenvalue weighted by Gasteiger charge is -1.99. The van der Waals surface area contributed by atoms with Gasteiger partial charge in [0, 0.05) is 6.20 Å². The highest BCUT2D eigenvalue weighted by Crippen LogP contribution is 2.25. The van der Waals surface area contributed by atoms with Gasteiger partial charge in [0.25, 0.3) is 0 Å². The zero-order valence-corrected chi connectivity index (χ0v) is 9.15. The van der Waals surface area contributed by atoms with Crippen LogP contribution in [0.4, 0.5) is 0 Å². The molecule has 2 heterocycles. The molecule has 0 saturated carbocycles. The molecule has 0 radical (unpaired) electrons. The monoisotopic (exact) mass is 237 g/mol. The number of H-pyrrole nitrogens is 1. The Bertz CT molecular complexity index is 510. The Hall–Kier alpha value is -1.88. The van der Waals surface area contributed by atoms with Crippen LogP contribution in [0.5, 0.6) is 0 Å². The number of ether oxygens (including phenoxy) is 1. The summed E-state index contributed by atoms with van der Waals surface area (Å²) in [7, 11) is 1.29. The van der Waals surface area contributed by atoms with Gasteiger partial charge in [-0.2, -0.15) is 5.10 Å². The standard InChI is InChI=1S/C10H8ClN3O2/c1-16-10(15)7-8(13-14-9(7)11)6-4-2-3-5-12-6/h2-5H,1H3,(H,13,14). The van der Waals surface area contributed by atoms with E-state index < -0.39 is 5.97 Å². The highest BCUT2D eigenvalue weighted by atomic mass is 35.5. The van der Waals surface area contributed by atoms with E-state index in [4.69, 9.17) is 11.6 Å². The first kappa shape index (κ1) is 10.6. The molecule has 2 aromatic rings. The fourth-order valence-electron chi connectivity index (χ4n) is 1.30. The third-order valence-electron chi connectivity index (χ3n) is 2.02. The Morgan fingerprint density at radius 2 is 2.31 bits per heavy atom. The Balaban J connectivity index is 2.55. The van der Waals surface area contributed by atoms with Crippen LogP contribution in [0.1, 0.15) is 10.4 Å². The van der Waals surface area contributed by atoms with Crippen LogP contribution in [0.2, 0.25) is 5.15 Å². The van der Waals surface area contributed by atoms with Crippen molar-refractivity contribution < 1.29 is 9.53 Å². The fraction of sp³-hybridized carbons (Fsp3) is 0.100. The lowest BCUT2D eigenvalue weighted by molar-refractivity contribution is 0.0602. The number of esters is 1. The van der Waals surface area contributed by atoms with E-state index in [1.807, 2.05) is 0 Å². The number of methoxy groups -OCH3 is 1. The molecule has 0 aliphatic heterocycles. The molecule has 1 N–H and O–H groups in total. The van der Waals surface area contributed by atoms with Gasteiger partial charge in [0.05, 0.1) is 12.8 Å². The molecule has 0 saturated heterocycles. The van der Waals surface area contributed by atoms with Crippen LogP contribution in [0.3, 0.4) is 0 Å². The summed E-state index contributed by atoms with van der Waals surface area (Å²) in [6.45, 7) is 0. The number of aromatic nitrogens is 3. The number of pyridine rings is 1. The van der Waals surface area contributed by atoms with Crippen molar-refractivity contribution in [2.75, 3.05) is 7.11 Å². The van der Waals surface area contributed by atoms with E-state index in [1.54, 1.807) is 24.4 Å². The summed E-state index contributed by atoms with van der Waals surface area (Å²) in [5, 5.41) is 6.61. The van der Waals surface area contributed by atoms with Crippen LogP contribution in [0, 0.1) is 0 Å². The summed E-state index contributed by atoms with van der Waals surface area (Å²) in [4.78, 5) is 15.6. The number of carbonyl (C=O) groups is 1. The van der Waals surface area contributed by atoms with E-state index in [0.717, 1.165) is 0 Å².